The molecule has 0 aromatic rings. The molecule has 2 rings (SSSR count). The average molecular weight is 398 g/mol. The van der Waals surface area contributed by atoms with Gasteiger partial charge in [-0.15, -0.1) is 24.8 Å². The van der Waals surface area contributed by atoms with Gasteiger partial charge in [-0.2, -0.15) is 0 Å². The maximum Gasteiger partial charge on any atom is 0.240 e. The minimum absolute atomic E-state index is 0. The molecule has 25 heavy (non-hydrogen) atoms. The van der Waals surface area contributed by atoms with Gasteiger partial charge in [0.15, 0.2) is 0 Å². The summed E-state index contributed by atoms with van der Waals surface area (Å²) in [7, 11) is 2.00. The third-order valence-corrected chi connectivity index (χ3v) is 5.51. The molecule has 0 radical (unpaired) electrons. The summed E-state index contributed by atoms with van der Waals surface area (Å²) < 4.78 is 5.50. The molecule has 0 aromatic carbocycles. The van der Waals surface area contributed by atoms with E-state index in [4.69, 9.17) is 4.74 Å². The van der Waals surface area contributed by atoms with Crippen LogP contribution in [0.2, 0.25) is 0 Å². The maximum atomic E-state index is 13.3. The predicted molar refractivity (Wildman–Crippen MR) is 108 cm³/mol. The van der Waals surface area contributed by atoms with Crippen molar-refractivity contribution in [2.75, 3.05) is 53.0 Å². The van der Waals surface area contributed by atoms with E-state index in [1.54, 1.807) is 0 Å². The largest absolute Gasteiger partial charge is 0.379 e. The standard InChI is InChI=1S/C18H35N3O2.2ClH/c1-4-16(5-2)17(20-9-11-23-12-10-20)18(22)21-8-6-7-15(14-21)13-19-3;;/h15-17,19H,4-14H2,1-3H3;2*1H. The van der Waals surface area contributed by atoms with Crippen molar-refractivity contribution in [1.29, 1.82) is 0 Å². The lowest BCUT2D eigenvalue weighted by Gasteiger charge is -2.42. The zero-order valence-corrected chi connectivity index (χ0v) is 17.7. The predicted octanol–water partition coefficient (Wildman–Crippen LogP) is 2.43. The Bertz CT molecular complexity index is 362. The number of carbonyl (C=O) groups excluding carboxylic acids is 1. The summed E-state index contributed by atoms with van der Waals surface area (Å²) in [6, 6.07) is 0.0437. The number of nitrogens with one attached hydrogen (secondary N) is 1. The topological polar surface area (TPSA) is 44.8 Å². The number of likely N-dealkylation sites (tertiary alicyclic amines) is 1. The van der Waals surface area contributed by atoms with Crippen molar-refractivity contribution in [2.24, 2.45) is 11.8 Å². The van der Waals surface area contributed by atoms with Gasteiger partial charge in [-0.05, 0) is 38.3 Å². The molecule has 2 fully saturated rings. The number of hydrogen-bond donors (Lipinski definition) is 1. The molecule has 2 unspecified atom stereocenters. The maximum absolute atomic E-state index is 13.3. The molecule has 2 heterocycles. The van der Waals surface area contributed by atoms with Crippen LogP contribution in [0.5, 0.6) is 0 Å². The number of hydrogen-bond acceptors (Lipinski definition) is 4. The van der Waals surface area contributed by atoms with Crippen molar-refractivity contribution < 1.29 is 9.53 Å². The third kappa shape index (κ3) is 6.87. The molecule has 0 spiro atoms. The summed E-state index contributed by atoms with van der Waals surface area (Å²) in [5, 5.41) is 3.27. The Balaban J connectivity index is 0.00000288. The van der Waals surface area contributed by atoms with Gasteiger partial charge in [0.05, 0.1) is 19.3 Å². The minimum atomic E-state index is 0. The van der Waals surface area contributed by atoms with Gasteiger partial charge in [-0.1, -0.05) is 26.7 Å². The number of nitrogens with zero attached hydrogens (tertiary/aromatic N) is 2. The highest BCUT2D eigenvalue weighted by atomic mass is 35.5. The first-order chi connectivity index (χ1) is 11.2. The number of rotatable bonds is 7. The molecule has 0 aliphatic carbocycles. The first-order valence-corrected chi connectivity index (χ1v) is 9.46. The number of amides is 1. The van der Waals surface area contributed by atoms with Gasteiger partial charge in [0.25, 0.3) is 0 Å². The zero-order valence-electron chi connectivity index (χ0n) is 16.0. The van der Waals surface area contributed by atoms with Crippen molar-refractivity contribution in [3.05, 3.63) is 0 Å². The molecule has 5 nitrogen and oxygen atoms in total. The highest BCUT2D eigenvalue weighted by Crippen LogP contribution is 2.25. The Hall–Kier alpha value is -0.0700. The second-order valence-electron chi connectivity index (χ2n) is 7.02. The van der Waals surface area contributed by atoms with Crippen LogP contribution >= 0.6 is 24.8 Å². The second kappa shape index (κ2) is 13.2. The van der Waals surface area contributed by atoms with Crippen molar-refractivity contribution in [3.63, 3.8) is 0 Å². The number of halogens is 2. The molecule has 0 aromatic heterocycles. The third-order valence-electron chi connectivity index (χ3n) is 5.51. The second-order valence-corrected chi connectivity index (χ2v) is 7.02. The summed E-state index contributed by atoms with van der Waals surface area (Å²) in [6.45, 7) is 10.6. The summed E-state index contributed by atoms with van der Waals surface area (Å²) >= 11 is 0. The molecule has 0 bridgehead atoms. The van der Waals surface area contributed by atoms with Crippen molar-refractivity contribution in [3.8, 4) is 0 Å². The van der Waals surface area contributed by atoms with Gasteiger partial charge in [-0.3, -0.25) is 9.69 Å². The first-order valence-electron chi connectivity index (χ1n) is 9.46. The van der Waals surface area contributed by atoms with Gasteiger partial charge < -0.3 is 15.0 Å². The molecule has 1 amide bonds. The van der Waals surface area contributed by atoms with Crippen LogP contribution in [0, 0.1) is 11.8 Å². The molecule has 0 saturated carbocycles. The first kappa shape index (κ1) is 24.9. The van der Waals surface area contributed by atoms with Crippen LogP contribution in [0.15, 0.2) is 0 Å². The van der Waals surface area contributed by atoms with Gasteiger partial charge in [0, 0.05) is 26.2 Å². The molecular formula is C18H37Cl2N3O2. The van der Waals surface area contributed by atoms with Crippen LogP contribution in [-0.4, -0.2) is 74.7 Å². The fourth-order valence-corrected chi connectivity index (χ4v) is 4.15. The normalized spacial score (nSPS) is 22.9. The summed E-state index contributed by atoms with van der Waals surface area (Å²) in [5.74, 6) is 1.41. The lowest BCUT2D eigenvalue weighted by molar-refractivity contribution is -0.143. The quantitative estimate of drug-likeness (QED) is 0.716. The van der Waals surface area contributed by atoms with E-state index < -0.39 is 0 Å². The fraction of sp³-hybridized carbons (Fsp3) is 0.944. The van der Waals surface area contributed by atoms with Gasteiger partial charge in [0.2, 0.25) is 5.91 Å². The number of ether oxygens (including phenoxy) is 1. The zero-order chi connectivity index (χ0) is 16.7. The van der Waals surface area contributed by atoms with Crippen LogP contribution in [0.25, 0.3) is 0 Å². The molecule has 2 aliphatic heterocycles. The fourth-order valence-electron chi connectivity index (χ4n) is 4.15. The summed E-state index contributed by atoms with van der Waals surface area (Å²) in [6.07, 6.45) is 4.50. The molecule has 7 heteroatoms. The monoisotopic (exact) mass is 397 g/mol. The smallest absolute Gasteiger partial charge is 0.240 e. The Labute approximate surface area is 166 Å². The Morgan fingerprint density at radius 1 is 1.16 bits per heavy atom. The average Bonchev–Trinajstić information content (AvgIpc) is 2.60. The molecule has 2 atom stereocenters. The lowest BCUT2D eigenvalue weighted by Crippen LogP contribution is -2.57. The Kier molecular flexibility index (Phi) is 13.1. The van der Waals surface area contributed by atoms with E-state index in [9.17, 15) is 4.79 Å². The van der Waals surface area contributed by atoms with Crippen LogP contribution < -0.4 is 5.32 Å². The summed E-state index contributed by atoms with van der Waals surface area (Å²) in [5.41, 5.74) is 0. The van der Waals surface area contributed by atoms with Crippen LogP contribution in [0.3, 0.4) is 0 Å². The summed E-state index contributed by atoms with van der Waals surface area (Å²) in [4.78, 5) is 17.9. The van der Waals surface area contributed by atoms with Crippen LogP contribution in [-0.2, 0) is 9.53 Å². The molecular weight excluding hydrogens is 361 g/mol. The van der Waals surface area contributed by atoms with Crippen molar-refractivity contribution >= 4 is 30.7 Å². The molecule has 150 valence electrons. The van der Waals surface area contributed by atoms with Crippen molar-refractivity contribution in [1.82, 2.24) is 15.1 Å². The van der Waals surface area contributed by atoms with Crippen LogP contribution in [0.4, 0.5) is 0 Å². The van der Waals surface area contributed by atoms with Gasteiger partial charge in [-0.25, -0.2) is 0 Å². The van der Waals surface area contributed by atoms with E-state index in [0.717, 1.165) is 65.2 Å². The van der Waals surface area contributed by atoms with E-state index in [0.29, 0.717) is 17.7 Å². The Morgan fingerprint density at radius 2 is 1.80 bits per heavy atom. The van der Waals surface area contributed by atoms with Gasteiger partial charge >= 0.3 is 0 Å². The van der Waals surface area contributed by atoms with E-state index >= 15 is 0 Å². The molecule has 2 aliphatic rings. The van der Waals surface area contributed by atoms with Crippen LogP contribution in [0.1, 0.15) is 39.5 Å². The molecule has 2 saturated heterocycles. The van der Waals surface area contributed by atoms with E-state index in [2.05, 4.69) is 29.0 Å². The number of carbonyl (C=O) groups is 1. The minimum Gasteiger partial charge on any atom is -0.379 e. The van der Waals surface area contributed by atoms with E-state index in [1.165, 1.54) is 6.42 Å². The van der Waals surface area contributed by atoms with Gasteiger partial charge in [0.1, 0.15) is 0 Å². The van der Waals surface area contributed by atoms with E-state index in [1.807, 2.05) is 7.05 Å². The molecule has 1 N–H and O–H groups in total. The SMILES string of the molecule is CCC(CC)C(C(=O)N1CCCC(CNC)C1)N1CCOCC1.Cl.Cl. The van der Waals surface area contributed by atoms with Crippen molar-refractivity contribution in [2.45, 2.75) is 45.6 Å². The number of morpholine rings is 1. The highest BCUT2D eigenvalue weighted by molar-refractivity contribution is 5.85. The lowest BCUT2D eigenvalue weighted by atomic mass is 9.90. The Morgan fingerprint density at radius 3 is 2.36 bits per heavy atom. The number of piperidine rings is 1. The van der Waals surface area contributed by atoms with E-state index in [-0.39, 0.29) is 30.9 Å². The highest BCUT2D eigenvalue weighted by Gasteiger charge is 2.36.